The number of Topliss-reactive ketones (excluding diaryl/α,β-unsaturated/α-hetero) is 1. The molecule has 186 valence electrons. The van der Waals surface area contributed by atoms with E-state index in [0.29, 0.717) is 43.1 Å². The van der Waals surface area contributed by atoms with E-state index >= 15 is 0 Å². The smallest absolute Gasteiger partial charge is 0.232 e. The number of halogens is 1. The van der Waals surface area contributed by atoms with Crippen molar-refractivity contribution in [3.63, 3.8) is 0 Å². The predicted octanol–water partition coefficient (Wildman–Crippen LogP) is 3.82. The molecule has 2 saturated heterocycles. The quantitative estimate of drug-likeness (QED) is 0.345. The molecule has 3 aromatic rings. The van der Waals surface area contributed by atoms with Gasteiger partial charge in [-0.15, -0.1) is 10.2 Å². The first kappa shape index (κ1) is 24.0. The number of morpholine rings is 1. The SMILES string of the molecule is Cc1cc(C(=O)CSc2nnc(N3CCOCC3)n2-c2cccc(F)c2)c(C)n1C[C@H]1CCCO1. The van der Waals surface area contributed by atoms with Crippen LogP contribution in [0.25, 0.3) is 5.69 Å². The summed E-state index contributed by atoms with van der Waals surface area (Å²) in [5.74, 6) is 0.530. The van der Waals surface area contributed by atoms with Crippen molar-refractivity contribution in [2.75, 3.05) is 43.6 Å². The number of carbonyl (C=O) groups excluding carboxylic acids is 1. The minimum absolute atomic E-state index is 0.0309. The molecule has 0 amide bonds. The lowest BCUT2D eigenvalue weighted by Gasteiger charge is -2.27. The van der Waals surface area contributed by atoms with Crippen molar-refractivity contribution in [2.45, 2.75) is 44.5 Å². The van der Waals surface area contributed by atoms with E-state index in [-0.39, 0.29) is 23.5 Å². The number of hydrogen-bond acceptors (Lipinski definition) is 7. The Labute approximate surface area is 208 Å². The van der Waals surface area contributed by atoms with Crippen molar-refractivity contribution >= 4 is 23.5 Å². The molecule has 35 heavy (non-hydrogen) atoms. The minimum Gasteiger partial charge on any atom is -0.378 e. The second-order valence-electron chi connectivity index (χ2n) is 8.94. The molecule has 2 aliphatic rings. The van der Waals surface area contributed by atoms with Gasteiger partial charge in [0.2, 0.25) is 5.95 Å². The normalized spacial score (nSPS) is 18.4. The zero-order chi connectivity index (χ0) is 24.4. The fourth-order valence-electron chi connectivity index (χ4n) is 4.73. The van der Waals surface area contributed by atoms with Crippen LogP contribution in [0.4, 0.5) is 10.3 Å². The molecule has 0 bridgehead atoms. The van der Waals surface area contributed by atoms with Gasteiger partial charge in [0.15, 0.2) is 10.9 Å². The zero-order valence-electron chi connectivity index (χ0n) is 20.1. The van der Waals surface area contributed by atoms with Crippen molar-refractivity contribution in [3.05, 3.63) is 53.1 Å². The predicted molar refractivity (Wildman–Crippen MR) is 132 cm³/mol. The number of carbonyl (C=O) groups is 1. The maximum Gasteiger partial charge on any atom is 0.232 e. The Morgan fingerprint density at radius 1 is 1.17 bits per heavy atom. The lowest BCUT2D eigenvalue weighted by Crippen LogP contribution is -2.37. The topological polar surface area (TPSA) is 74.4 Å². The molecule has 0 N–H and O–H groups in total. The van der Waals surface area contributed by atoms with Gasteiger partial charge in [-0.05, 0) is 51.0 Å². The van der Waals surface area contributed by atoms with Gasteiger partial charge in [-0.2, -0.15) is 0 Å². The van der Waals surface area contributed by atoms with Crippen LogP contribution in [0.2, 0.25) is 0 Å². The summed E-state index contributed by atoms with van der Waals surface area (Å²) >= 11 is 1.32. The molecule has 4 heterocycles. The van der Waals surface area contributed by atoms with E-state index in [2.05, 4.69) is 19.7 Å². The first-order valence-electron chi connectivity index (χ1n) is 12.0. The average molecular weight is 500 g/mol. The van der Waals surface area contributed by atoms with Crippen LogP contribution in [-0.2, 0) is 16.0 Å². The summed E-state index contributed by atoms with van der Waals surface area (Å²) in [7, 11) is 0. The van der Waals surface area contributed by atoms with Gasteiger partial charge in [-0.1, -0.05) is 17.8 Å². The Hall–Kier alpha value is -2.69. The molecular formula is C25H30FN5O3S. The van der Waals surface area contributed by atoms with E-state index in [0.717, 1.165) is 42.9 Å². The number of thioether (sulfide) groups is 1. The van der Waals surface area contributed by atoms with Gasteiger partial charge < -0.3 is 18.9 Å². The van der Waals surface area contributed by atoms with Crippen molar-refractivity contribution in [1.29, 1.82) is 0 Å². The van der Waals surface area contributed by atoms with Crippen LogP contribution >= 0.6 is 11.8 Å². The number of ketones is 1. The summed E-state index contributed by atoms with van der Waals surface area (Å²) in [6, 6.07) is 8.31. The van der Waals surface area contributed by atoms with Gasteiger partial charge in [-0.25, -0.2) is 4.39 Å². The molecule has 1 aromatic carbocycles. The van der Waals surface area contributed by atoms with E-state index in [4.69, 9.17) is 9.47 Å². The van der Waals surface area contributed by atoms with E-state index in [1.54, 1.807) is 6.07 Å². The molecule has 2 fully saturated rings. The summed E-state index contributed by atoms with van der Waals surface area (Å²) in [5, 5.41) is 9.33. The first-order valence-corrected chi connectivity index (χ1v) is 13.0. The average Bonchev–Trinajstić information content (AvgIpc) is 3.59. The number of nitrogens with zero attached hydrogens (tertiary/aromatic N) is 5. The molecule has 5 rings (SSSR count). The largest absolute Gasteiger partial charge is 0.378 e. The Kier molecular flexibility index (Phi) is 7.22. The highest BCUT2D eigenvalue weighted by molar-refractivity contribution is 7.99. The Morgan fingerprint density at radius 3 is 2.74 bits per heavy atom. The number of aryl methyl sites for hydroxylation is 1. The number of hydrogen-bond donors (Lipinski definition) is 0. The van der Waals surface area contributed by atoms with E-state index in [1.807, 2.05) is 30.5 Å². The number of benzene rings is 1. The second kappa shape index (κ2) is 10.5. The number of anilines is 1. The van der Waals surface area contributed by atoms with E-state index in [1.165, 1.54) is 23.9 Å². The van der Waals surface area contributed by atoms with Crippen molar-refractivity contribution in [3.8, 4) is 5.69 Å². The highest BCUT2D eigenvalue weighted by atomic mass is 32.2. The summed E-state index contributed by atoms with van der Waals surface area (Å²) in [6.07, 6.45) is 2.35. The van der Waals surface area contributed by atoms with Gasteiger partial charge in [0.05, 0.1) is 30.8 Å². The van der Waals surface area contributed by atoms with E-state index < -0.39 is 0 Å². The Morgan fingerprint density at radius 2 is 2.00 bits per heavy atom. The highest BCUT2D eigenvalue weighted by Crippen LogP contribution is 2.29. The van der Waals surface area contributed by atoms with Gasteiger partial charge >= 0.3 is 0 Å². The molecule has 2 aromatic heterocycles. The van der Waals surface area contributed by atoms with Gasteiger partial charge in [0.1, 0.15) is 5.82 Å². The second-order valence-corrected chi connectivity index (χ2v) is 9.88. The fourth-order valence-corrected chi connectivity index (χ4v) is 5.56. The molecule has 10 heteroatoms. The third-order valence-corrected chi connectivity index (χ3v) is 7.52. The van der Waals surface area contributed by atoms with Crippen molar-refractivity contribution in [2.24, 2.45) is 0 Å². The lowest BCUT2D eigenvalue weighted by molar-refractivity contribution is 0.0957. The third kappa shape index (κ3) is 5.14. The lowest BCUT2D eigenvalue weighted by atomic mass is 10.2. The molecule has 0 spiro atoms. The van der Waals surface area contributed by atoms with Gasteiger partial charge in [-0.3, -0.25) is 9.36 Å². The third-order valence-electron chi connectivity index (χ3n) is 6.59. The molecule has 2 aliphatic heterocycles. The van der Waals surface area contributed by atoms with Crippen LogP contribution in [0.1, 0.15) is 34.6 Å². The van der Waals surface area contributed by atoms with Crippen molar-refractivity contribution in [1.82, 2.24) is 19.3 Å². The summed E-state index contributed by atoms with van der Waals surface area (Å²) in [4.78, 5) is 15.3. The fraction of sp³-hybridized carbons (Fsp3) is 0.480. The standard InChI is InChI=1S/C25H30FN5O3S/c1-17-13-22(18(2)30(17)15-21-7-4-10-34-21)23(32)16-35-25-28-27-24(29-8-11-33-12-9-29)31(25)20-6-3-5-19(26)14-20/h3,5-6,13-14,21H,4,7-12,15-16H2,1-2H3/t21-/m1/s1. The van der Waals surface area contributed by atoms with Gasteiger partial charge in [0, 0.05) is 43.2 Å². The van der Waals surface area contributed by atoms with Crippen LogP contribution < -0.4 is 4.90 Å². The van der Waals surface area contributed by atoms with Crippen LogP contribution in [-0.4, -0.2) is 69.9 Å². The summed E-state index contributed by atoms with van der Waals surface area (Å²) in [6.45, 7) is 8.14. The van der Waals surface area contributed by atoms with Crippen LogP contribution in [0, 0.1) is 19.7 Å². The molecule has 8 nitrogen and oxygen atoms in total. The number of ether oxygens (including phenoxy) is 2. The maximum absolute atomic E-state index is 14.1. The zero-order valence-corrected chi connectivity index (χ0v) is 20.9. The molecule has 0 aliphatic carbocycles. The van der Waals surface area contributed by atoms with Crippen LogP contribution in [0.5, 0.6) is 0 Å². The maximum atomic E-state index is 14.1. The molecule has 0 saturated carbocycles. The van der Waals surface area contributed by atoms with Gasteiger partial charge in [0.25, 0.3) is 0 Å². The number of rotatable bonds is 8. The Bertz CT molecular complexity index is 1200. The molecular weight excluding hydrogens is 469 g/mol. The van der Waals surface area contributed by atoms with Crippen molar-refractivity contribution < 1.29 is 18.7 Å². The Balaban J connectivity index is 1.37. The molecule has 0 radical (unpaired) electrons. The highest BCUT2D eigenvalue weighted by Gasteiger charge is 2.24. The first-order chi connectivity index (χ1) is 17.0. The van der Waals surface area contributed by atoms with Crippen LogP contribution in [0.15, 0.2) is 35.5 Å². The summed E-state index contributed by atoms with van der Waals surface area (Å²) in [5.41, 5.74) is 3.37. The number of aromatic nitrogens is 4. The van der Waals surface area contributed by atoms with E-state index in [9.17, 15) is 9.18 Å². The van der Waals surface area contributed by atoms with Crippen LogP contribution in [0.3, 0.4) is 0 Å². The minimum atomic E-state index is -0.338. The molecule has 1 atom stereocenters. The summed E-state index contributed by atoms with van der Waals surface area (Å²) < 4.78 is 29.3. The molecule has 0 unspecified atom stereocenters. The monoisotopic (exact) mass is 499 g/mol.